The van der Waals surface area contributed by atoms with E-state index in [1.165, 1.54) is 6.92 Å². The summed E-state index contributed by atoms with van der Waals surface area (Å²) in [5.41, 5.74) is 1.82. The number of hydrogen-bond donors (Lipinski definition) is 0. The van der Waals surface area contributed by atoms with Crippen LogP contribution in [0.3, 0.4) is 0 Å². The van der Waals surface area contributed by atoms with Crippen molar-refractivity contribution in [3.05, 3.63) is 40.5 Å². The van der Waals surface area contributed by atoms with Gasteiger partial charge in [0.15, 0.2) is 11.6 Å². The first-order valence-electron chi connectivity index (χ1n) is 7.73. The third-order valence-electron chi connectivity index (χ3n) is 3.55. The van der Waals surface area contributed by atoms with Gasteiger partial charge < -0.3 is 9.47 Å². The second-order valence-corrected chi connectivity index (χ2v) is 6.02. The minimum absolute atomic E-state index is 0.121. The van der Waals surface area contributed by atoms with E-state index < -0.39 is 0 Å². The molecule has 2 rings (SSSR count). The number of hydrogen-bond acceptors (Lipinski definition) is 5. The summed E-state index contributed by atoms with van der Waals surface area (Å²) in [6.07, 6.45) is 0.572. The summed E-state index contributed by atoms with van der Waals surface area (Å²) in [5.74, 6) is 0.691. The zero-order valence-corrected chi connectivity index (χ0v) is 15.1. The molecule has 0 N–H and O–H groups in total. The molecule has 0 amide bonds. The fourth-order valence-corrected chi connectivity index (χ4v) is 2.42. The zero-order valence-electron chi connectivity index (χ0n) is 14.3. The maximum absolute atomic E-state index is 12.0. The zero-order chi connectivity index (χ0) is 17.7. The molecule has 0 saturated carbocycles. The highest BCUT2D eigenvalue weighted by Crippen LogP contribution is 2.26. The van der Waals surface area contributed by atoms with Gasteiger partial charge in [0, 0.05) is 30.7 Å². The van der Waals surface area contributed by atoms with Crippen LogP contribution >= 0.6 is 11.6 Å². The van der Waals surface area contributed by atoms with Crippen molar-refractivity contribution in [1.82, 2.24) is 9.97 Å². The molecule has 0 aliphatic rings. The average Bonchev–Trinajstić information content (AvgIpc) is 2.52. The molecule has 0 bridgehead atoms. The number of ether oxygens (including phenoxy) is 2. The van der Waals surface area contributed by atoms with E-state index in [2.05, 4.69) is 9.97 Å². The monoisotopic (exact) mass is 348 g/mol. The average molecular weight is 349 g/mol. The van der Waals surface area contributed by atoms with Gasteiger partial charge in [-0.3, -0.25) is 4.79 Å². The molecule has 6 heteroatoms. The number of rotatable bonds is 7. The topological polar surface area (TPSA) is 61.3 Å². The van der Waals surface area contributed by atoms with Gasteiger partial charge >= 0.3 is 0 Å². The van der Waals surface area contributed by atoms with Crippen molar-refractivity contribution in [1.29, 1.82) is 0 Å². The largest absolute Gasteiger partial charge is 0.474 e. The van der Waals surface area contributed by atoms with Crippen molar-refractivity contribution in [3.8, 4) is 17.3 Å². The number of aromatic nitrogens is 2. The standard InChI is InChI=1S/C18H21ClN2O3/c1-11(9-10-23-4)24-18-16(13(3)22)12(2)20-17(21-18)14-5-7-15(19)8-6-14/h5-8,11H,9-10H2,1-4H3. The van der Waals surface area contributed by atoms with Crippen molar-refractivity contribution < 1.29 is 14.3 Å². The normalized spacial score (nSPS) is 12.0. The molecule has 0 aliphatic heterocycles. The Morgan fingerprint density at radius 3 is 2.50 bits per heavy atom. The fraction of sp³-hybridized carbons (Fsp3) is 0.389. The highest BCUT2D eigenvalue weighted by atomic mass is 35.5. The van der Waals surface area contributed by atoms with Gasteiger partial charge in [-0.2, -0.15) is 4.98 Å². The molecule has 0 fully saturated rings. The lowest BCUT2D eigenvalue weighted by Gasteiger charge is -2.17. The van der Waals surface area contributed by atoms with Crippen LogP contribution in [0.5, 0.6) is 5.88 Å². The van der Waals surface area contributed by atoms with Gasteiger partial charge in [0.25, 0.3) is 0 Å². The SMILES string of the molecule is COCCC(C)Oc1nc(-c2ccc(Cl)cc2)nc(C)c1C(C)=O. The van der Waals surface area contributed by atoms with E-state index >= 15 is 0 Å². The highest BCUT2D eigenvalue weighted by Gasteiger charge is 2.19. The molecular formula is C18H21ClN2O3. The van der Waals surface area contributed by atoms with Crippen LogP contribution in [-0.4, -0.2) is 35.6 Å². The molecule has 0 aliphatic carbocycles. The lowest BCUT2D eigenvalue weighted by molar-refractivity contribution is 0.0997. The Balaban J connectivity index is 2.41. The third kappa shape index (κ3) is 4.52. The van der Waals surface area contributed by atoms with Gasteiger partial charge in [0.2, 0.25) is 5.88 Å². The molecule has 1 aromatic carbocycles. The van der Waals surface area contributed by atoms with Gasteiger partial charge in [-0.1, -0.05) is 11.6 Å². The fourth-order valence-electron chi connectivity index (χ4n) is 2.30. The quantitative estimate of drug-likeness (QED) is 0.704. The van der Waals surface area contributed by atoms with E-state index in [9.17, 15) is 4.79 Å². The van der Waals surface area contributed by atoms with Crippen LogP contribution < -0.4 is 4.74 Å². The first-order chi connectivity index (χ1) is 11.4. The van der Waals surface area contributed by atoms with Crippen molar-refractivity contribution in [2.45, 2.75) is 33.3 Å². The lowest BCUT2D eigenvalue weighted by Crippen LogP contribution is -2.18. The van der Waals surface area contributed by atoms with Crippen LogP contribution in [0.1, 0.15) is 36.3 Å². The molecule has 1 atom stereocenters. The van der Waals surface area contributed by atoms with Crippen LogP contribution in [0.15, 0.2) is 24.3 Å². The van der Waals surface area contributed by atoms with E-state index in [4.69, 9.17) is 21.1 Å². The Labute approximate surface area is 147 Å². The van der Waals surface area contributed by atoms with Crippen LogP contribution in [0.25, 0.3) is 11.4 Å². The van der Waals surface area contributed by atoms with Crippen molar-refractivity contribution in [2.24, 2.45) is 0 Å². The minimum atomic E-state index is -0.129. The summed E-state index contributed by atoms with van der Waals surface area (Å²) < 4.78 is 11.0. The summed E-state index contributed by atoms with van der Waals surface area (Å²) in [6, 6.07) is 7.22. The molecule has 2 aromatic rings. The van der Waals surface area contributed by atoms with E-state index in [1.54, 1.807) is 26.2 Å². The number of methoxy groups -OCH3 is 1. The van der Waals surface area contributed by atoms with Gasteiger partial charge in [0.1, 0.15) is 5.56 Å². The Hall–Kier alpha value is -1.98. The smallest absolute Gasteiger partial charge is 0.228 e. The molecular weight excluding hydrogens is 328 g/mol. The molecule has 24 heavy (non-hydrogen) atoms. The maximum Gasteiger partial charge on any atom is 0.228 e. The van der Waals surface area contributed by atoms with E-state index in [-0.39, 0.29) is 11.9 Å². The second kappa shape index (κ2) is 8.22. The van der Waals surface area contributed by atoms with Crippen molar-refractivity contribution in [3.63, 3.8) is 0 Å². The Morgan fingerprint density at radius 2 is 1.92 bits per heavy atom. The molecule has 0 spiro atoms. The van der Waals surface area contributed by atoms with Gasteiger partial charge in [-0.25, -0.2) is 4.98 Å². The van der Waals surface area contributed by atoms with E-state index in [0.717, 1.165) is 5.56 Å². The molecule has 1 heterocycles. The van der Waals surface area contributed by atoms with Crippen LogP contribution in [0.4, 0.5) is 0 Å². The maximum atomic E-state index is 12.0. The van der Waals surface area contributed by atoms with E-state index in [1.807, 2.05) is 19.1 Å². The lowest BCUT2D eigenvalue weighted by atomic mass is 10.1. The van der Waals surface area contributed by atoms with Crippen molar-refractivity contribution >= 4 is 17.4 Å². The minimum Gasteiger partial charge on any atom is -0.474 e. The van der Waals surface area contributed by atoms with Crippen LogP contribution in [0.2, 0.25) is 5.02 Å². The highest BCUT2D eigenvalue weighted by molar-refractivity contribution is 6.30. The summed E-state index contributed by atoms with van der Waals surface area (Å²) in [6.45, 7) is 5.76. The second-order valence-electron chi connectivity index (χ2n) is 5.59. The first-order valence-corrected chi connectivity index (χ1v) is 8.11. The third-order valence-corrected chi connectivity index (χ3v) is 3.80. The number of ketones is 1. The molecule has 128 valence electrons. The molecule has 0 saturated heterocycles. The summed E-state index contributed by atoms with van der Waals surface area (Å²) >= 11 is 5.92. The Kier molecular flexibility index (Phi) is 6.29. The molecule has 1 aromatic heterocycles. The van der Waals surface area contributed by atoms with E-state index in [0.29, 0.717) is 41.0 Å². The van der Waals surface area contributed by atoms with Crippen LogP contribution in [0, 0.1) is 6.92 Å². The first kappa shape index (κ1) is 18.4. The summed E-state index contributed by atoms with van der Waals surface area (Å²) in [7, 11) is 1.64. The number of nitrogens with zero attached hydrogens (tertiary/aromatic N) is 2. The van der Waals surface area contributed by atoms with Gasteiger partial charge in [-0.05, 0) is 45.0 Å². The number of halogens is 1. The number of carbonyl (C=O) groups is 1. The summed E-state index contributed by atoms with van der Waals surface area (Å²) in [5, 5.41) is 0.639. The number of benzene rings is 1. The predicted octanol–water partition coefficient (Wildman–Crippen LogP) is 4.11. The number of carbonyl (C=O) groups excluding carboxylic acids is 1. The van der Waals surface area contributed by atoms with Crippen molar-refractivity contribution in [2.75, 3.05) is 13.7 Å². The predicted molar refractivity (Wildman–Crippen MR) is 93.8 cm³/mol. The van der Waals surface area contributed by atoms with Crippen LogP contribution in [-0.2, 0) is 4.74 Å². The Bertz CT molecular complexity index is 717. The van der Waals surface area contributed by atoms with Gasteiger partial charge in [0.05, 0.1) is 11.8 Å². The number of aryl methyl sites for hydroxylation is 1. The molecule has 0 radical (unpaired) electrons. The van der Waals surface area contributed by atoms with Gasteiger partial charge in [-0.15, -0.1) is 0 Å². The Morgan fingerprint density at radius 1 is 1.25 bits per heavy atom. The molecule has 5 nitrogen and oxygen atoms in total. The number of Topliss-reactive ketones (excluding diaryl/α,β-unsaturated/α-hetero) is 1. The summed E-state index contributed by atoms with van der Waals surface area (Å²) in [4.78, 5) is 20.9. The molecule has 1 unspecified atom stereocenters.